The standard InChI is InChI=1S/C15H20N2O2/c1-10-8-19-9-14-12-6-4-3-5-11(12)7-13(16-2)15(18)17(10)14/h3-6,10,13-14,16H,7-9H2,1-2H3/t10-,13?,14?/m1/s1. The summed E-state index contributed by atoms with van der Waals surface area (Å²) in [6.07, 6.45) is 0.755. The number of amides is 1. The molecule has 4 nitrogen and oxygen atoms in total. The van der Waals surface area contributed by atoms with Crippen LogP contribution in [0.3, 0.4) is 0 Å². The molecule has 1 N–H and O–H groups in total. The zero-order chi connectivity index (χ0) is 13.4. The van der Waals surface area contributed by atoms with Gasteiger partial charge in [0.15, 0.2) is 0 Å². The molecular weight excluding hydrogens is 240 g/mol. The van der Waals surface area contributed by atoms with Gasteiger partial charge in [0.2, 0.25) is 5.91 Å². The summed E-state index contributed by atoms with van der Waals surface area (Å²) in [4.78, 5) is 14.7. The van der Waals surface area contributed by atoms with E-state index >= 15 is 0 Å². The first-order valence-corrected chi connectivity index (χ1v) is 6.87. The number of ether oxygens (including phenoxy) is 1. The lowest BCUT2D eigenvalue weighted by molar-refractivity contribution is -0.147. The van der Waals surface area contributed by atoms with E-state index < -0.39 is 0 Å². The largest absolute Gasteiger partial charge is 0.377 e. The third-order valence-electron chi connectivity index (χ3n) is 4.18. The summed E-state index contributed by atoms with van der Waals surface area (Å²) < 4.78 is 5.67. The van der Waals surface area contributed by atoms with Crippen LogP contribution in [0.5, 0.6) is 0 Å². The smallest absolute Gasteiger partial charge is 0.240 e. The topological polar surface area (TPSA) is 41.6 Å². The molecule has 0 aromatic heterocycles. The molecule has 0 saturated carbocycles. The van der Waals surface area contributed by atoms with Crippen LogP contribution in [0.25, 0.3) is 0 Å². The van der Waals surface area contributed by atoms with Gasteiger partial charge in [-0.3, -0.25) is 4.79 Å². The Labute approximate surface area is 113 Å². The molecule has 102 valence electrons. The predicted octanol–water partition coefficient (Wildman–Crippen LogP) is 1.12. The summed E-state index contributed by atoms with van der Waals surface area (Å²) >= 11 is 0. The molecular formula is C15H20N2O2. The highest BCUT2D eigenvalue weighted by atomic mass is 16.5. The Kier molecular flexibility index (Phi) is 3.29. The van der Waals surface area contributed by atoms with E-state index in [0.29, 0.717) is 13.2 Å². The van der Waals surface area contributed by atoms with E-state index in [9.17, 15) is 4.79 Å². The lowest BCUT2D eigenvalue weighted by atomic mass is 9.97. The molecule has 0 aliphatic carbocycles. The first-order chi connectivity index (χ1) is 9.22. The van der Waals surface area contributed by atoms with Crippen LogP contribution < -0.4 is 5.32 Å². The average Bonchev–Trinajstić information content (AvgIpc) is 2.55. The molecule has 1 aromatic carbocycles. The number of nitrogens with one attached hydrogen (secondary N) is 1. The van der Waals surface area contributed by atoms with Crippen molar-refractivity contribution in [3.63, 3.8) is 0 Å². The maximum atomic E-state index is 12.7. The zero-order valence-electron chi connectivity index (χ0n) is 11.4. The van der Waals surface area contributed by atoms with Crippen molar-refractivity contribution in [3.8, 4) is 0 Å². The average molecular weight is 260 g/mol. The second-order valence-electron chi connectivity index (χ2n) is 5.39. The fourth-order valence-corrected chi connectivity index (χ4v) is 3.19. The number of morpholine rings is 1. The van der Waals surface area contributed by atoms with Crippen molar-refractivity contribution in [3.05, 3.63) is 35.4 Å². The summed E-state index contributed by atoms with van der Waals surface area (Å²) in [6, 6.07) is 8.39. The first-order valence-electron chi connectivity index (χ1n) is 6.87. The summed E-state index contributed by atoms with van der Waals surface area (Å²) in [6.45, 7) is 3.29. The van der Waals surface area contributed by atoms with Crippen molar-refractivity contribution >= 4 is 5.91 Å². The monoisotopic (exact) mass is 260 g/mol. The van der Waals surface area contributed by atoms with E-state index in [0.717, 1.165) is 6.42 Å². The van der Waals surface area contributed by atoms with Gasteiger partial charge in [-0.15, -0.1) is 0 Å². The molecule has 1 amide bonds. The highest BCUT2D eigenvalue weighted by Gasteiger charge is 2.39. The van der Waals surface area contributed by atoms with Crippen molar-refractivity contribution in [2.24, 2.45) is 0 Å². The molecule has 0 spiro atoms. The third-order valence-corrected chi connectivity index (χ3v) is 4.18. The molecule has 2 heterocycles. The van der Waals surface area contributed by atoms with Gasteiger partial charge in [-0.25, -0.2) is 0 Å². The van der Waals surface area contributed by atoms with Crippen molar-refractivity contribution < 1.29 is 9.53 Å². The Morgan fingerprint density at radius 2 is 2.11 bits per heavy atom. The Morgan fingerprint density at radius 1 is 1.32 bits per heavy atom. The molecule has 2 aliphatic rings. The first kappa shape index (κ1) is 12.6. The molecule has 2 unspecified atom stereocenters. The van der Waals surface area contributed by atoms with Gasteiger partial charge < -0.3 is 15.0 Å². The van der Waals surface area contributed by atoms with E-state index in [2.05, 4.69) is 24.4 Å². The molecule has 0 bridgehead atoms. The second kappa shape index (κ2) is 4.94. The van der Waals surface area contributed by atoms with Gasteiger partial charge in [-0.05, 0) is 31.5 Å². The van der Waals surface area contributed by atoms with E-state index in [1.807, 2.05) is 24.1 Å². The van der Waals surface area contributed by atoms with Gasteiger partial charge >= 0.3 is 0 Å². The minimum Gasteiger partial charge on any atom is -0.377 e. The number of carbonyl (C=O) groups excluding carboxylic acids is 1. The third kappa shape index (κ3) is 2.05. The Balaban J connectivity index is 2.08. The molecule has 1 saturated heterocycles. The van der Waals surface area contributed by atoms with Gasteiger partial charge in [0.05, 0.1) is 31.3 Å². The summed E-state index contributed by atoms with van der Waals surface area (Å²) in [5.74, 6) is 0.194. The lowest BCUT2D eigenvalue weighted by Gasteiger charge is -2.41. The predicted molar refractivity (Wildman–Crippen MR) is 72.9 cm³/mol. The number of fused-ring (bicyclic) bond motifs is 3. The zero-order valence-corrected chi connectivity index (χ0v) is 11.4. The molecule has 0 radical (unpaired) electrons. The number of benzene rings is 1. The Hall–Kier alpha value is -1.39. The maximum absolute atomic E-state index is 12.7. The fraction of sp³-hybridized carbons (Fsp3) is 0.533. The number of rotatable bonds is 1. The highest BCUT2D eigenvalue weighted by molar-refractivity contribution is 5.84. The van der Waals surface area contributed by atoms with Crippen molar-refractivity contribution in [2.45, 2.75) is 31.5 Å². The molecule has 2 aliphatic heterocycles. The van der Waals surface area contributed by atoms with Crippen molar-refractivity contribution in [1.29, 1.82) is 0 Å². The lowest BCUT2D eigenvalue weighted by Crippen LogP contribution is -2.53. The van der Waals surface area contributed by atoms with Gasteiger partial charge in [-0.1, -0.05) is 24.3 Å². The fourth-order valence-electron chi connectivity index (χ4n) is 3.19. The van der Waals surface area contributed by atoms with E-state index in [-0.39, 0.29) is 24.0 Å². The SMILES string of the molecule is CNC1Cc2ccccc2C2COC[C@@H](C)N2C1=O. The summed E-state index contributed by atoms with van der Waals surface area (Å²) in [7, 11) is 1.86. The van der Waals surface area contributed by atoms with Crippen LogP contribution in [0.4, 0.5) is 0 Å². The molecule has 3 atom stereocenters. The van der Waals surface area contributed by atoms with Crippen LogP contribution in [0.15, 0.2) is 24.3 Å². The van der Waals surface area contributed by atoms with Crippen molar-refractivity contribution in [1.82, 2.24) is 10.2 Å². The minimum absolute atomic E-state index is 0.0609. The molecule has 3 rings (SSSR count). The van der Waals surface area contributed by atoms with Gasteiger partial charge in [0.25, 0.3) is 0 Å². The van der Waals surface area contributed by atoms with Gasteiger partial charge in [0.1, 0.15) is 0 Å². The number of nitrogens with zero attached hydrogens (tertiary/aromatic N) is 1. The normalized spacial score (nSPS) is 30.5. The number of hydrogen-bond acceptors (Lipinski definition) is 3. The summed E-state index contributed by atoms with van der Waals surface area (Å²) in [5, 5.41) is 3.16. The van der Waals surface area contributed by atoms with E-state index in [4.69, 9.17) is 4.74 Å². The highest BCUT2D eigenvalue weighted by Crippen LogP contribution is 2.33. The molecule has 1 fully saturated rings. The molecule has 1 aromatic rings. The number of carbonyl (C=O) groups is 1. The molecule has 4 heteroatoms. The second-order valence-corrected chi connectivity index (χ2v) is 5.39. The van der Waals surface area contributed by atoms with Crippen LogP contribution in [-0.4, -0.2) is 43.2 Å². The molecule has 19 heavy (non-hydrogen) atoms. The van der Waals surface area contributed by atoms with Gasteiger partial charge in [-0.2, -0.15) is 0 Å². The van der Waals surface area contributed by atoms with Crippen LogP contribution in [0.1, 0.15) is 24.1 Å². The van der Waals surface area contributed by atoms with E-state index in [1.54, 1.807) is 0 Å². The van der Waals surface area contributed by atoms with Crippen LogP contribution in [0.2, 0.25) is 0 Å². The van der Waals surface area contributed by atoms with Crippen LogP contribution in [-0.2, 0) is 16.0 Å². The minimum atomic E-state index is -0.133. The number of likely N-dealkylation sites (N-methyl/N-ethyl adjacent to an activating group) is 1. The maximum Gasteiger partial charge on any atom is 0.240 e. The quantitative estimate of drug-likeness (QED) is 0.822. The van der Waals surface area contributed by atoms with Crippen molar-refractivity contribution in [2.75, 3.05) is 20.3 Å². The Bertz CT molecular complexity index is 489. The van der Waals surface area contributed by atoms with Crippen LogP contribution >= 0.6 is 0 Å². The van der Waals surface area contributed by atoms with Gasteiger partial charge in [0, 0.05) is 0 Å². The van der Waals surface area contributed by atoms with Crippen LogP contribution in [0, 0.1) is 0 Å². The number of hydrogen-bond donors (Lipinski definition) is 1. The Morgan fingerprint density at radius 3 is 2.89 bits per heavy atom. The summed E-state index contributed by atoms with van der Waals surface area (Å²) in [5.41, 5.74) is 2.49. The van der Waals surface area contributed by atoms with E-state index in [1.165, 1.54) is 11.1 Å².